The van der Waals surface area contributed by atoms with Crippen molar-refractivity contribution >= 4 is 18.4 Å². The van der Waals surface area contributed by atoms with Crippen LogP contribution in [-0.4, -0.2) is 23.1 Å². The van der Waals surface area contributed by atoms with Gasteiger partial charge >= 0.3 is 0 Å². The van der Waals surface area contributed by atoms with Crippen molar-refractivity contribution in [3.63, 3.8) is 0 Å². The minimum Gasteiger partial charge on any atom is -0.304 e. The van der Waals surface area contributed by atoms with Crippen LogP contribution in [0.15, 0.2) is 0 Å². The van der Waals surface area contributed by atoms with Gasteiger partial charge < -0.3 is 5.32 Å². The number of Topliss-reactive ketones (excluding diaryl/α,β-unsaturated/α-hetero) is 1. The van der Waals surface area contributed by atoms with E-state index >= 15 is 0 Å². The number of thiol groups is 1. The first-order valence-electron chi connectivity index (χ1n) is 4.84. The molecule has 0 bridgehead atoms. The van der Waals surface area contributed by atoms with E-state index in [-0.39, 0.29) is 23.0 Å². The summed E-state index contributed by atoms with van der Waals surface area (Å²) < 4.78 is 0. The third-order valence-electron chi connectivity index (χ3n) is 1.87. The lowest BCUT2D eigenvalue weighted by molar-refractivity contribution is -0.124. The van der Waals surface area contributed by atoms with Crippen molar-refractivity contribution in [1.29, 1.82) is 0 Å². The molecule has 0 amide bonds. The topological polar surface area (TPSA) is 29.1 Å². The Hall–Kier alpha value is -0.0200. The largest absolute Gasteiger partial charge is 0.304 e. The minimum absolute atomic E-state index is 0.0669. The second kappa shape index (κ2) is 5.66. The molecule has 2 atom stereocenters. The summed E-state index contributed by atoms with van der Waals surface area (Å²) in [5.74, 6) is 0.321. The molecule has 0 fully saturated rings. The highest BCUT2D eigenvalue weighted by Gasteiger charge is 2.24. The summed E-state index contributed by atoms with van der Waals surface area (Å²) >= 11 is 4.32. The van der Waals surface area contributed by atoms with Crippen LogP contribution < -0.4 is 5.32 Å². The van der Waals surface area contributed by atoms with Crippen LogP contribution >= 0.6 is 12.6 Å². The van der Waals surface area contributed by atoms with Crippen LogP contribution in [0.25, 0.3) is 0 Å². The normalized spacial score (nSPS) is 16.3. The molecule has 0 saturated carbocycles. The number of carbonyl (C=O) groups is 1. The third-order valence-corrected chi connectivity index (χ3v) is 2.17. The van der Waals surface area contributed by atoms with Crippen LogP contribution in [0.4, 0.5) is 0 Å². The van der Waals surface area contributed by atoms with E-state index in [0.717, 1.165) is 0 Å². The summed E-state index contributed by atoms with van der Waals surface area (Å²) in [7, 11) is 0. The van der Waals surface area contributed by atoms with Gasteiger partial charge in [0.15, 0.2) is 5.78 Å². The number of hydrogen-bond donors (Lipinski definition) is 2. The lowest BCUT2D eigenvalue weighted by atomic mass is 9.99. The first-order valence-corrected chi connectivity index (χ1v) is 5.35. The molecule has 0 saturated heterocycles. The van der Waals surface area contributed by atoms with Gasteiger partial charge in [0.05, 0.1) is 6.04 Å². The number of hydrogen-bond acceptors (Lipinski definition) is 3. The van der Waals surface area contributed by atoms with Gasteiger partial charge in [-0.15, -0.1) is 0 Å². The summed E-state index contributed by atoms with van der Waals surface area (Å²) in [4.78, 5) is 11.7. The van der Waals surface area contributed by atoms with Crippen molar-refractivity contribution in [3.8, 4) is 0 Å². The molecule has 3 heteroatoms. The summed E-state index contributed by atoms with van der Waals surface area (Å²) in [6, 6.07) is 0.200. The Morgan fingerprint density at radius 2 is 1.62 bits per heavy atom. The zero-order valence-corrected chi connectivity index (χ0v) is 10.1. The maximum absolute atomic E-state index is 11.7. The Bertz CT molecular complexity index is 166. The maximum Gasteiger partial charge on any atom is 0.153 e. The van der Waals surface area contributed by atoms with Gasteiger partial charge in [-0.05, 0) is 0 Å². The van der Waals surface area contributed by atoms with Crippen LogP contribution in [0.1, 0.15) is 34.6 Å². The van der Waals surface area contributed by atoms with Crippen LogP contribution in [0.2, 0.25) is 0 Å². The first kappa shape index (κ1) is 13.0. The molecule has 0 aliphatic carbocycles. The summed E-state index contributed by atoms with van der Waals surface area (Å²) in [6.07, 6.45) is 0. The summed E-state index contributed by atoms with van der Waals surface area (Å²) in [6.45, 7) is 9.87. The fraction of sp³-hybridized carbons (Fsp3) is 0.900. The fourth-order valence-electron chi connectivity index (χ4n) is 1.18. The Morgan fingerprint density at radius 3 is 1.85 bits per heavy atom. The number of carbonyl (C=O) groups excluding carboxylic acids is 1. The van der Waals surface area contributed by atoms with E-state index in [1.165, 1.54) is 0 Å². The van der Waals surface area contributed by atoms with Crippen LogP contribution in [0.3, 0.4) is 0 Å². The van der Waals surface area contributed by atoms with Crippen LogP contribution in [-0.2, 0) is 4.79 Å². The van der Waals surface area contributed by atoms with E-state index in [4.69, 9.17) is 0 Å². The molecule has 0 spiro atoms. The lowest BCUT2D eigenvalue weighted by Crippen LogP contribution is -2.47. The smallest absolute Gasteiger partial charge is 0.153 e. The van der Waals surface area contributed by atoms with Gasteiger partial charge in [0.1, 0.15) is 0 Å². The van der Waals surface area contributed by atoms with Crippen molar-refractivity contribution in [2.24, 2.45) is 5.92 Å². The van der Waals surface area contributed by atoms with Gasteiger partial charge in [-0.25, -0.2) is 0 Å². The molecule has 0 aromatic carbocycles. The predicted molar refractivity (Wildman–Crippen MR) is 60.4 cm³/mol. The quantitative estimate of drug-likeness (QED) is 0.668. The number of nitrogens with one attached hydrogen (secondary N) is 1. The second-order valence-electron chi connectivity index (χ2n) is 4.10. The van der Waals surface area contributed by atoms with Gasteiger partial charge in [-0.2, -0.15) is 12.6 Å². The maximum atomic E-state index is 11.7. The van der Waals surface area contributed by atoms with Crippen molar-refractivity contribution in [1.82, 2.24) is 5.32 Å². The number of rotatable bonds is 5. The fourth-order valence-corrected chi connectivity index (χ4v) is 1.41. The molecule has 0 heterocycles. The van der Waals surface area contributed by atoms with Crippen molar-refractivity contribution in [2.45, 2.75) is 52.0 Å². The van der Waals surface area contributed by atoms with E-state index in [0.29, 0.717) is 6.04 Å². The van der Waals surface area contributed by atoms with E-state index < -0.39 is 0 Å². The van der Waals surface area contributed by atoms with Gasteiger partial charge in [0.2, 0.25) is 0 Å². The molecule has 0 radical (unpaired) electrons. The van der Waals surface area contributed by atoms with E-state index in [1.807, 2.05) is 34.6 Å². The average Bonchev–Trinajstić information content (AvgIpc) is 1.97. The molecule has 0 aromatic heterocycles. The van der Waals surface area contributed by atoms with Gasteiger partial charge in [-0.3, -0.25) is 4.79 Å². The second-order valence-corrected chi connectivity index (χ2v) is 4.91. The molecule has 78 valence electrons. The Labute approximate surface area is 86.9 Å². The Morgan fingerprint density at radius 1 is 1.15 bits per heavy atom. The summed E-state index contributed by atoms with van der Waals surface area (Å²) in [5, 5.41) is 3.30. The van der Waals surface area contributed by atoms with Gasteiger partial charge in [0.25, 0.3) is 0 Å². The van der Waals surface area contributed by atoms with E-state index in [9.17, 15) is 4.79 Å². The molecule has 0 rings (SSSR count). The molecule has 13 heavy (non-hydrogen) atoms. The average molecular weight is 203 g/mol. The van der Waals surface area contributed by atoms with E-state index in [1.54, 1.807) is 0 Å². The monoisotopic (exact) mass is 203 g/mol. The van der Waals surface area contributed by atoms with Crippen molar-refractivity contribution in [2.75, 3.05) is 0 Å². The van der Waals surface area contributed by atoms with E-state index in [2.05, 4.69) is 17.9 Å². The SMILES string of the molecule is CC(C)NC(C(=O)C(C)C)C(C)S. The zero-order chi connectivity index (χ0) is 10.6. The van der Waals surface area contributed by atoms with Gasteiger partial charge in [0, 0.05) is 17.2 Å². The minimum atomic E-state index is -0.122. The Balaban J connectivity index is 4.33. The molecule has 2 nitrogen and oxygen atoms in total. The van der Waals surface area contributed by atoms with Crippen LogP contribution in [0.5, 0.6) is 0 Å². The highest BCUT2D eigenvalue weighted by atomic mass is 32.1. The molecular weight excluding hydrogens is 182 g/mol. The molecular formula is C10H21NOS. The lowest BCUT2D eigenvalue weighted by Gasteiger charge is -2.24. The standard InChI is InChI=1S/C10H21NOS/c1-6(2)10(12)9(8(5)13)11-7(3)4/h6-9,11,13H,1-5H3. The highest BCUT2D eigenvalue weighted by Crippen LogP contribution is 2.09. The predicted octanol–water partition coefficient (Wildman–Crippen LogP) is 1.90. The third kappa shape index (κ3) is 4.67. The molecule has 0 aliphatic rings. The van der Waals surface area contributed by atoms with Gasteiger partial charge in [-0.1, -0.05) is 34.6 Å². The van der Waals surface area contributed by atoms with Crippen molar-refractivity contribution in [3.05, 3.63) is 0 Å². The Kier molecular flexibility index (Phi) is 5.65. The molecule has 0 aromatic rings. The molecule has 0 aliphatic heterocycles. The van der Waals surface area contributed by atoms with Crippen molar-refractivity contribution < 1.29 is 4.79 Å². The molecule has 2 unspecified atom stereocenters. The highest BCUT2D eigenvalue weighted by molar-refractivity contribution is 7.81. The molecule has 1 N–H and O–H groups in total. The number of ketones is 1. The zero-order valence-electron chi connectivity index (χ0n) is 9.16. The summed E-state index contributed by atoms with van der Waals surface area (Å²) in [5.41, 5.74) is 0. The first-order chi connectivity index (χ1) is 5.86. The van der Waals surface area contributed by atoms with Crippen LogP contribution in [0, 0.1) is 5.92 Å².